The second-order valence-electron chi connectivity index (χ2n) is 4.46. The largest absolute Gasteiger partial charge is 0.382 e. The molecule has 2 aromatic rings. The Labute approximate surface area is 107 Å². The Balaban J connectivity index is 2.34. The van der Waals surface area contributed by atoms with Gasteiger partial charge in [0.25, 0.3) is 0 Å². The molecule has 1 atom stereocenters. The number of aryl methyl sites for hydroxylation is 1. The molecular weight excluding hydrogens is 226 g/mol. The summed E-state index contributed by atoms with van der Waals surface area (Å²) in [6.07, 6.45) is 1.09. The van der Waals surface area contributed by atoms with Gasteiger partial charge in [0.2, 0.25) is 0 Å². The lowest BCUT2D eigenvalue weighted by molar-refractivity contribution is 0.208. The lowest BCUT2D eigenvalue weighted by Crippen LogP contribution is -2.11. The van der Waals surface area contributed by atoms with Crippen molar-refractivity contribution in [3.05, 3.63) is 47.8 Å². The summed E-state index contributed by atoms with van der Waals surface area (Å²) < 4.78 is 1.81. The van der Waals surface area contributed by atoms with Crippen LogP contribution in [0.2, 0.25) is 0 Å². The van der Waals surface area contributed by atoms with Crippen LogP contribution in [0, 0.1) is 0 Å². The van der Waals surface area contributed by atoms with Crippen LogP contribution in [0.1, 0.15) is 24.3 Å². The molecule has 1 heterocycles. The van der Waals surface area contributed by atoms with Crippen molar-refractivity contribution in [1.82, 2.24) is 9.78 Å². The fraction of sp³-hybridized carbons (Fsp3) is 0.357. The summed E-state index contributed by atoms with van der Waals surface area (Å²) in [5.74, 6) is 0. The van der Waals surface area contributed by atoms with Crippen molar-refractivity contribution < 1.29 is 5.11 Å². The minimum Gasteiger partial charge on any atom is -0.382 e. The van der Waals surface area contributed by atoms with Crippen molar-refractivity contribution >= 4 is 5.69 Å². The molecule has 0 saturated carbocycles. The SMILES string of the molecule is CCn1nccc1C(O)c1cccc(N(C)C)c1. The molecule has 2 rings (SSSR count). The van der Waals surface area contributed by atoms with Crippen molar-refractivity contribution in [3.63, 3.8) is 0 Å². The number of rotatable bonds is 4. The molecule has 0 aliphatic heterocycles. The smallest absolute Gasteiger partial charge is 0.121 e. The van der Waals surface area contributed by atoms with Crippen LogP contribution in [0.3, 0.4) is 0 Å². The van der Waals surface area contributed by atoms with Crippen LogP contribution in [-0.4, -0.2) is 29.0 Å². The third kappa shape index (κ3) is 2.38. The molecule has 0 amide bonds. The molecule has 1 N–H and O–H groups in total. The number of hydrogen-bond donors (Lipinski definition) is 1. The lowest BCUT2D eigenvalue weighted by Gasteiger charge is -2.17. The molecule has 0 radical (unpaired) electrons. The van der Waals surface area contributed by atoms with E-state index in [-0.39, 0.29) is 0 Å². The molecule has 1 unspecified atom stereocenters. The second kappa shape index (κ2) is 5.23. The summed E-state index contributed by atoms with van der Waals surface area (Å²) in [4.78, 5) is 2.02. The molecule has 4 nitrogen and oxygen atoms in total. The van der Waals surface area contributed by atoms with Crippen LogP contribution in [-0.2, 0) is 6.54 Å². The highest BCUT2D eigenvalue weighted by molar-refractivity contribution is 5.48. The third-order valence-corrected chi connectivity index (χ3v) is 3.03. The quantitative estimate of drug-likeness (QED) is 0.896. The number of aliphatic hydroxyl groups is 1. The van der Waals surface area contributed by atoms with E-state index in [1.54, 1.807) is 6.20 Å². The van der Waals surface area contributed by atoms with Crippen molar-refractivity contribution in [2.45, 2.75) is 19.6 Å². The Morgan fingerprint density at radius 1 is 1.33 bits per heavy atom. The molecule has 0 fully saturated rings. The van der Waals surface area contributed by atoms with E-state index in [0.717, 1.165) is 23.5 Å². The summed E-state index contributed by atoms with van der Waals surface area (Å²) in [6.45, 7) is 2.77. The predicted molar refractivity (Wildman–Crippen MR) is 72.7 cm³/mol. The van der Waals surface area contributed by atoms with Gasteiger partial charge in [0, 0.05) is 32.5 Å². The van der Waals surface area contributed by atoms with Crippen LogP contribution in [0.25, 0.3) is 0 Å². The summed E-state index contributed by atoms with van der Waals surface area (Å²) in [5, 5.41) is 14.6. The van der Waals surface area contributed by atoms with Gasteiger partial charge < -0.3 is 10.0 Å². The molecule has 96 valence electrons. The number of aliphatic hydroxyl groups excluding tert-OH is 1. The van der Waals surface area contributed by atoms with Crippen LogP contribution in [0.4, 0.5) is 5.69 Å². The molecule has 4 heteroatoms. The van der Waals surface area contributed by atoms with Crippen LogP contribution < -0.4 is 4.90 Å². The maximum absolute atomic E-state index is 10.4. The lowest BCUT2D eigenvalue weighted by atomic mass is 10.1. The summed E-state index contributed by atoms with van der Waals surface area (Å²) in [5.41, 5.74) is 2.79. The average Bonchev–Trinajstić information content (AvgIpc) is 2.86. The summed E-state index contributed by atoms with van der Waals surface area (Å²) in [7, 11) is 3.98. The maximum Gasteiger partial charge on any atom is 0.121 e. The Kier molecular flexibility index (Phi) is 3.67. The van der Waals surface area contributed by atoms with Gasteiger partial charge in [-0.25, -0.2) is 0 Å². The topological polar surface area (TPSA) is 41.3 Å². The second-order valence-corrected chi connectivity index (χ2v) is 4.46. The van der Waals surface area contributed by atoms with E-state index in [2.05, 4.69) is 5.10 Å². The van der Waals surface area contributed by atoms with Gasteiger partial charge in [0.1, 0.15) is 6.10 Å². The zero-order valence-corrected chi connectivity index (χ0v) is 11.0. The van der Waals surface area contributed by atoms with Gasteiger partial charge in [-0.05, 0) is 30.7 Å². The normalized spacial score (nSPS) is 12.4. The molecule has 0 aliphatic carbocycles. The predicted octanol–water partition coefficient (Wildman–Crippen LogP) is 2.05. The van der Waals surface area contributed by atoms with Crippen molar-refractivity contribution in [2.24, 2.45) is 0 Å². The Morgan fingerprint density at radius 2 is 2.11 bits per heavy atom. The van der Waals surface area contributed by atoms with Gasteiger partial charge >= 0.3 is 0 Å². The number of anilines is 1. The first kappa shape index (κ1) is 12.6. The summed E-state index contributed by atoms with van der Waals surface area (Å²) >= 11 is 0. The fourth-order valence-corrected chi connectivity index (χ4v) is 1.98. The summed E-state index contributed by atoms with van der Waals surface area (Å²) in [6, 6.07) is 9.77. The molecule has 0 aliphatic rings. The van der Waals surface area contributed by atoms with Gasteiger partial charge in [0.05, 0.1) is 5.69 Å². The van der Waals surface area contributed by atoms with E-state index < -0.39 is 6.10 Å². The standard InChI is InChI=1S/C14H19N3O/c1-4-17-13(8-9-15-17)14(18)11-6-5-7-12(10-11)16(2)3/h5-10,14,18H,4H2,1-3H3. The van der Waals surface area contributed by atoms with E-state index in [9.17, 15) is 5.11 Å². The van der Waals surface area contributed by atoms with Crippen molar-refractivity contribution in [1.29, 1.82) is 0 Å². The molecule has 0 bridgehead atoms. The van der Waals surface area contributed by atoms with Gasteiger partial charge in [-0.15, -0.1) is 0 Å². The Bertz CT molecular complexity index is 519. The Morgan fingerprint density at radius 3 is 2.78 bits per heavy atom. The van der Waals surface area contributed by atoms with E-state index in [1.807, 2.05) is 60.9 Å². The average molecular weight is 245 g/mol. The van der Waals surface area contributed by atoms with Crippen molar-refractivity contribution in [2.75, 3.05) is 19.0 Å². The molecule has 0 spiro atoms. The highest BCUT2D eigenvalue weighted by Crippen LogP contribution is 2.24. The van der Waals surface area contributed by atoms with Crippen molar-refractivity contribution in [3.8, 4) is 0 Å². The van der Waals surface area contributed by atoms with E-state index in [1.165, 1.54) is 0 Å². The number of hydrogen-bond acceptors (Lipinski definition) is 3. The number of benzene rings is 1. The Hall–Kier alpha value is -1.81. The van der Waals surface area contributed by atoms with E-state index in [0.29, 0.717) is 0 Å². The maximum atomic E-state index is 10.4. The van der Waals surface area contributed by atoms with Crippen LogP contribution in [0.5, 0.6) is 0 Å². The highest BCUT2D eigenvalue weighted by Gasteiger charge is 2.15. The monoisotopic (exact) mass is 245 g/mol. The van der Waals surface area contributed by atoms with E-state index in [4.69, 9.17) is 0 Å². The fourth-order valence-electron chi connectivity index (χ4n) is 1.98. The number of aromatic nitrogens is 2. The molecular formula is C14H19N3O. The highest BCUT2D eigenvalue weighted by atomic mass is 16.3. The molecule has 0 saturated heterocycles. The minimum absolute atomic E-state index is 0.632. The molecule has 1 aromatic heterocycles. The first-order valence-corrected chi connectivity index (χ1v) is 6.10. The zero-order valence-electron chi connectivity index (χ0n) is 11.0. The first-order chi connectivity index (χ1) is 8.63. The number of nitrogens with zero attached hydrogens (tertiary/aromatic N) is 3. The van der Waals surface area contributed by atoms with E-state index >= 15 is 0 Å². The third-order valence-electron chi connectivity index (χ3n) is 3.03. The molecule has 1 aromatic carbocycles. The van der Waals surface area contributed by atoms with Gasteiger partial charge in [0.15, 0.2) is 0 Å². The van der Waals surface area contributed by atoms with Gasteiger partial charge in [-0.2, -0.15) is 5.10 Å². The minimum atomic E-state index is -0.632. The first-order valence-electron chi connectivity index (χ1n) is 6.10. The molecule has 18 heavy (non-hydrogen) atoms. The van der Waals surface area contributed by atoms with Crippen LogP contribution >= 0.6 is 0 Å². The van der Waals surface area contributed by atoms with Crippen LogP contribution in [0.15, 0.2) is 36.5 Å². The zero-order chi connectivity index (χ0) is 13.1. The van der Waals surface area contributed by atoms with Gasteiger partial charge in [-0.1, -0.05) is 12.1 Å². The van der Waals surface area contributed by atoms with Gasteiger partial charge in [-0.3, -0.25) is 4.68 Å².